The lowest BCUT2D eigenvalue weighted by molar-refractivity contribution is -0.123. The molecule has 1 aliphatic rings. The molecule has 2 amide bonds. The first-order valence-electron chi connectivity index (χ1n) is 10.8. The van der Waals surface area contributed by atoms with E-state index >= 15 is 0 Å². The number of carbonyl (C=O) groups is 2. The lowest BCUT2D eigenvalue weighted by atomic mass is 10.1. The van der Waals surface area contributed by atoms with E-state index < -0.39 is 17.0 Å². The second kappa shape index (κ2) is 11.6. The summed E-state index contributed by atoms with van der Waals surface area (Å²) in [6, 6.07) is 14.4. The molecule has 0 aliphatic carbocycles. The number of nitrogens with zero attached hydrogens (tertiary/aromatic N) is 1. The lowest BCUT2D eigenvalue weighted by Gasteiger charge is -2.15. The van der Waals surface area contributed by atoms with E-state index in [0.29, 0.717) is 39.3 Å². The van der Waals surface area contributed by atoms with Crippen LogP contribution in [0.1, 0.15) is 23.6 Å². The summed E-state index contributed by atoms with van der Waals surface area (Å²) in [5, 5.41) is 0.589. The highest BCUT2D eigenvalue weighted by atomic mass is 35.5. The molecule has 1 fully saturated rings. The Hall–Kier alpha value is -2.71. The van der Waals surface area contributed by atoms with Gasteiger partial charge in [0.1, 0.15) is 12.4 Å². The maximum absolute atomic E-state index is 14.1. The molecule has 0 atom stereocenters. The standard InChI is InChI=1S/C26H19Cl3FNO4S/c1-2-34-23-11-15(9-10-22(23)35-14-17-20(29)7-4-8-21(17)30)12-24-25(32)31(26(33)36-24)13-16-18(27)5-3-6-19(16)28/h3-12H,2,13-14H2,1H3/b24-12-. The highest BCUT2D eigenvalue weighted by Gasteiger charge is 2.35. The Bertz CT molecular complexity index is 1320. The van der Waals surface area contributed by atoms with Crippen molar-refractivity contribution in [2.24, 2.45) is 0 Å². The fourth-order valence-corrected chi connectivity index (χ4v) is 5.02. The summed E-state index contributed by atoms with van der Waals surface area (Å²) in [5.41, 5.74) is 1.36. The number of benzene rings is 3. The van der Waals surface area contributed by atoms with Crippen LogP contribution in [0.2, 0.25) is 15.1 Å². The van der Waals surface area contributed by atoms with Crippen molar-refractivity contribution in [3.8, 4) is 11.5 Å². The van der Waals surface area contributed by atoms with Crippen LogP contribution in [0, 0.1) is 5.82 Å². The summed E-state index contributed by atoms with van der Waals surface area (Å²) in [7, 11) is 0. The van der Waals surface area contributed by atoms with Gasteiger partial charge in [0.2, 0.25) is 0 Å². The number of amides is 2. The van der Waals surface area contributed by atoms with Gasteiger partial charge in [0.15, 0.2) is 11.5 Å². The van der Waals surface area contributed by atoms with Gasteiger partial charge in [-0.3, -0.25) is 14.5 Å². The molecule has 0 bridgehead atoms. The molecule has 0 saturated carbocycles. The molecule has 10 heteroatoms. The van der Waals surface area contributed by atoms with Crippen LogP contribution in [0.4, 0.5) is 9.18 Å². The topological polar surface area (TPSA) is 55.8 Å². The van der Waals surface area contributed by atoms with E-state index in [1.54, 1.807) is 48.5 Å². The Balaban J connectivity index is 1.54. The zero-order valence-corrected chi connectivity index (χ0v) is 22.0. The zero-order chi connectivity index (χ0) is 25.8. The summed E-state index contributed by atoms with van der Waals surface area (Å²) >= 11 is 19.3. The number of halogens is 4. The fraction of sp³-hybridized carbons (Fsp3) is 0.154. The maximum atomic E-state index is 14.1. The van der Waals surface area contributed by atoms with Crippen LogP contribution >= 0.6 is 46.6 Å². The first-order chi connectivity index (χ1) is 17.3. The van der Waals surface area contributed by atoms with Gasteiger partial charge in [0, 0.05) is 21.2 Å². The van der Waals surface area contributed by atoms with E-state index in [9.17, 15) is 14.0 Å². The molecular formula is C26H19Cl3FNO4S. The van der Waals surface area contributed by atoms with Gasteiger partial charge in [-0.15, -0.1) is 0 Å². The average Bonchev–Trinajstić information content (AvgIpc) is 3.09. The Kier molecular flexibility index (Phi) is 8.46. The monoisotopic (exact) mass is 565 g/mol. The maximum Gasteiger partial charge on any atom is 0.293 e. The summed E-state index contributed by atoms with van der Waals surface area (Å²) in [6.45, 7) is 2.05. The summed E-state index contributed by atoms with van der Waals surface area (Å²) in [5.74, 6) is -0.130. The smallest absolute Gasteiger partial charge is 0.293 e. The van der Waals surface area contributed by atoms with E-state index in [0.717, 1.165) is 16.7 Å². The average molecular weight is 567 g/mol. The van der Waals surface area contributed by atoms with Gasteiger partial charge >= 0.3 is 0 Å². The third kappa shape index (κ3) is 5.81. The molecule has 1 heterocycles. The van der Waals surface area contributed by atoms with Crippen LogP contribution in [0.25, 0.3) is 6.08 Å². The molecular weight excluding hydrogens is 548 g/mol. The van der Waals surface area contributed by atoms with Crippen LogP contribution in [0.5, 0.6) is 11.5 Å². The number of ether oxygens (including phenoxy) is 2. The molecule has 0 radical (unpaired) electrons. The largest absolute Gasteiger partial charge is 0.490 e. The molecule has 0 N–H and O–H groups in total. The van der Waals surface area contributed by atoms with E-state index in [1.807, 2.05) is 6.92 Å². The molecule has 5 nitrogen and oxygen atoms in total. The highest BCUT2D eigenvalue weighted by Crippen LogP contribution is 2.37. The summed E-state index contributed by atoms with van der Waals surface area (Å²) in [6.07, 6.45) is 1.60. The number of hydrogen-bond acceptors (Lipinski definition) is 5. The Morgan fingerprint density at radius 1 is 0.917 bits per heavy atom. The highest BCUT2D eigenvalue weighted by molar-refractivity contribution is 8.18. The first-order valence-corrected chi connectivity index (χ1v) is 12.7. The predicted octanol–water partition coefficient (Wildman–Crippen LogP) is 8.00. The Morgan fingerprint density at radius 3 is 2.25 bits per heavy atom. The van der Waals surface area contributed by atoms with E-state index in [1.165, 1.54) is 12.1 Å². The molecule has 0 aromatic heterocycles. The van der Waals surface area contributed by atoms with E-state index in [2.05, 4.69) is 0 Å². The minimum absolute atomic E-state index is 0.0317. The van der Waals surface area contributed by atoms with E-state index in [4.69, 9.17) is 44.3 Å². The van der Waals surface area contributed by atoms with Crippen LogP contribution in [-0.4, -0.2) is 22.7 Å². The normalized spacial score (nSPS) is 14.6. The third-order valence-electron chi connectivity index (χ3n) is 5.25. The number of thioether (sulfide) groups is 1. The van der Waals surface area contributed by atoms with Crippen LogP contribution in [0.3, 0.4) is 0 Å². The SMILES string of the molecule is CCOc1cc(/C=C2\SC(=O)N(Cc3c(Cl)cccc3Cl)C2=O)ccc1OCc1c(F)cccc1Cl. The van der Waals surface area contributed by atoms with Gasteiger partial charge in [0.25, 0.3) is 11.1 Å². The van der Waals surface area contributed by atoms with Gasteiger partial charge in [-0.25, -0.2) is 4.39 Å². The van der Waals surface area contributed by atoms with Gasteiger partial charge in [-0.1, -0.05) is 53.0 Å². The quantitative estimate of drug-likeness (QED) is 0.259. The lowest BCUT2D eigenvalue weighted by Crippen LogP contribution is -2.27. The number of rotatable bonds is 8. The number of imide groups is 1. The molecule has 1 saturated heterocycles. The molecule has 36 heavy (non-hydrogen) atoms. The minimum atomic E-state index is -0.467. The molecule has 0 unspecified atom stereocenters. The van der Waals surface area contributed by atoms with Crippen molar-refractivity contribution in [3.63, 3.8) is 0 Å². The molecule has 186 valence electrons. The fourth-order valence-electron chi connectivity index (χ4n) is 3.45. The predicted molar refractivity (Wildman–Crippen MR) is 141 cm³/mol. The Morgan fingerprint density at radius 2 is 1.58 bits per heavy atom. The molecule has 0 spiro atoms. The van der Waals surface area contributed by atoms with Gasteiger partial charge in [0.05, 0.1) is 23.1 Å². The van der Waals surface area contributed by atoms with Crippen LogP contribution in [-0.2, 0) is 17.9 Å². The second-order valence-corrected chi connectivity index (χ2v) is 9.81. The Labute approximate surface area is 226 Å². The van der Waals surface area contributed by atoms with Crippen molar-refractivity contribution < 1.29 is 23.5 Å². The molecule has 3 aromatic carbocycles. The molecule has 3 aromatic rings. The number of hydrogen-bond donors (Lipinski definition) is 0. The van der Waals surface area contributed by atoms with Crippen molar-refractivity contribution in [2.45, 2.75) is 20.1 Å². The summed E-state index contributed by atoms with van der Waals surface area (Å²) < 4.78 is 25.6. The van der Waals surface area contributed by atoms with Gasteiger partial charge in [-0.2, -0.15) is 0 Å². The zero-order valence-electron chi connectivity index (χ0n) is 18.9. The second-order valence-electron chi connectivity index (χ2n) is 7.60. The molecule has 1 aliphatic heterocycles. The minimum Gasteiger partial charge on any atom is -0.490 e. The van der Waals surface area contributed by atoms with Crippen molar-refractivity contribution in [1.29, 1.82) is 0 Å². The van der Waals surface area contributed by atoms with Crippen LogP contribution < -0.4 is 9.47 Å². The number of carbonyl (C=O) groups excluding carboxylic acids is 2. The van der Waals surface area contributed by atoms with Gasteiger partial charge in [-0.05, 0) is 66.7 Å². The van der Waals surface area contributed by atoms with Crippen molar-refractivity contribution in [1.82, 2.24) is 4.90 Å². The molecule has 4 rings (SSSR count). The van der Waals surface area contributed by atoms with Gasteiger partial charge < -0.3 is 9.47 Å². The van der Waals surface area contributed by atoms with Crippen LogP contribution in [0.15, 0.2) is 59.5 Å². The van der Waals surface area contributed by atoms with Crippen molar-refractivity contribution >= 4 is 63.8 Å². The van der Waals surface area contributed by atoms with Crippen molar-refractivity contribution in [3.05, 3.63) is 97.1 Å². The van der Waals surface area contributed by atoms with E-state index in [-0.39, 0.29) is 28.6 Å². The first kappa shape index (κ1) is 26.4. The summed E-state index contributed by atoms with van der Waals surface area (Å²) in [4.78, 5) is 26.9. The third-order valence-corrected chi connectivity index (χ3v) is 7.22. The van der Waals surface area contributed by atoms with Crippen molar-refractivity contribution in [2.75, 3.05) is 6.61 Å².